The Bertz CT molecular complexity index is 420. The van der Waals surface area contributed by atoms with Crippen molar-refractivity contribution in [3.63, 3.8) is 0 Å². The summed E-state index contributed by atoms with van der Waals surface area (Å²) in [5, 5.41) is 20.1. The number of nitrogens with one attached hydrogen (secondary N) is 1. The molecule has 0 saturated carbocycles. The first-order valence-corrected chi connectivity index (χ1v) is 5.82. The molecule has 19 heavy (non-hydrogen) atoms. The van der Waals surface area contributed by atoms with Crippen LogP contribution in [0, 0.1) is 0 Å². The highest BCUT2D eigenvalue weighted by molar-refractivity contribution is 5.82. The highest BCUT2D eigenvalue weighted by atomic mass is 16.5. The number of carbonyl (C=O) groups excluding carboxylic acids is 1. The van der Waals surface area contributed by atoms with E-state index >= 15 is 0 Å². The molecule has 0 aliphatic heterocycles. The fourth-order valence-corrected chi connectivity index (χ4v) is 1.57. The first-order chi connectivity index (χ1) is 9.06. The summed E-state index contributed by atoms with van der Waals surface area (Å²) in [6.07, 6.45) is -2.27. The van der Waals surface area contributed by atoms with E-state index in [0.717, 1.165) is 0 Å². The molecule has 0 aliphatic rings. The summed E-state index contributed by atoms with van der Waals surface area (Å²) in [6, 6.07) is 8.95. The molecule has 1 aromatic rings. The maximum absolute atomic E-state index is 11.9. The number of carbonyl (C=O) groups is 2. The predicted molar refractivity (Wildman–Crippen MR) is 67.5 cm³/mol. The highest BCUT2D eigenvalue weighted by Crippen LogP contribution is 2.15. The Kier molecular flexibility index (Phi) is 5.98. The lowest BCUT2D eigenvalue weighted by molar-refractivity contribution is -0.147. The van der Waals surface area contributed by atoms with Gasteiger partial charge in [0.2, 0.25) is 0 Å². The average molecular weight is 267 g/mol. The van der Waals surface area contributed by atoms with Crippen molar-refractivity contribution < 1.29 is 24.5 Å². The number of carboxylic acids is 1. The second kappa shape index (κ2) is 7.50. The molecule has 1 amide bonds. The number of rotatable bonds is 7. The van der Waals surface area contributed by atoms with Gasteiger partial charge in [0, 0.05) is 20.1 Å². The van der Waals surface area contributed by atoms with E-state index < -0.39 is 18.2 Å². The minimum atomic E-state index is -1.47. The fourth-order valence-electron chi connectivity index (χ4n) is 1.57. The zero-order valence-electron chi connectivity index (χ0n) is 10.6. The molecule has 3 N–H and O–H groups in total. The minimum Gasteiger partial charge on any atom is -0.479 e. The van der Waals surface area contributed by atoms with Crippen LogP contribution in [0.3, 0.4) is 0 Å². The van der Waals surface area contributed by atoms with Gasteiger partial charge < -0.3 is 20.3 Å². The zero-order chi connectivity index (χ0) is 14.3. The number of hydrogen-bond donors (Lipinski definition) is 3. The molecule has 104 valence electrons. The lowest BCUT2D eigenvalue weighted by Crippen LogP contribution is -2.34. The number of ether oxygens (including phenoxy) is 1. The third-order valence-electron chi connectivity index (χ3n) is 2.58. The Labute approximate surface area is 111 Å². The Hall–Kier alpha value is -1.92. The average Bonchev–Trinajstić information content (AvgIpc) is 2.40. The van der Waals surface area contributed by atoms with Crippen molar-refractivity contribution in [2.45, 2.75) is 18.6 Å². The quantitative estimate of drug-likeness (QED) is 0.661. The van der Waals surface area contributed by atoms with Gasteiger partial charge in [-0.25, -0.2) is 4.79 Å². The van der Waals surface area contributed by atoms with E-state index in [-0.39, 0.29) is 18.9 Å². The van der Waals surface area contributed by atoms with Gasteiger partial charge in [0.15, 0.2) is 12.2 Å². The van der Waals surface area contributed by atoms with Gasteiger partial charge >= 0.3 is 5.97 Å². The minimum absolute atomic E-state index is 0.0493. The molecular weight excluding hydrogens is 250 g/mol. The maximum atomic E-state index is 11.9. The summed E-state index contributed by atoms with van der Waals surface area (Å²) in [5.41, 5.74) is 0.710. The number of aliphatic carboxylic acids is 1. The van der Waals surface area contributed by atoms with Gasteiger partial charge in [-0.15, -0.1) is 0 Å². The third-order valence-corrected chi connectivity index (χ3v) is 2.58. The van der Waals surface area contributed by atoms with Crippen LogP contribution in [-0.2, 0) is 14.3 Å². The van der Waals surface area contributed by atoms with Gasteiger partial charge in [-0.2, -0.15) is 0 Å². The molecule has 1 rings (SSSR count). The molecule has 1 unspecified atom stereocenters. The summed E-state index contributed by atoms with van der Waals surface area (Å²) in [4.78, 5) is 22.3. The smallest absolute Gasteiger partial charge is 0.332 e. The molecule has 1 aromatic carbocycles. The van der Waals surface area contributed by atoms with E-state index in [2.05, 4.69) is 5.32 Å². The first-order valence-electron chi connectivity index (χ1n) is 5.82. The monoisotopic (exact) mass is 267 g/mol. The maximum Gasteiger partial charge on any atom is 0.332 e. The van der Waals surface area contributed by atoms with Crippen LogP contribution in [0.1, 0.15) is 18.1 Å². The van der Waals surface area contributed by atoms with Crippen molar-refractivity contribution in [1.82, 2.24) is 5.32 Å². The highest BCUT2D eigenvalue weighted by Gasteiger charge is 2.20. The van der Waals surface area contributed by atoms with Crippen molar-refractivity contribution in [2.24, 2.45) is 0 Å². The zero-order valence-corrected chi connectivity index (χ0v) is 10.6. The molecule has 0 radical (unpaired) electrons. The standard InChI is InChI=1S/C13H17NO5/c1-19-11(9-5-3-2-4-6-9)12(16)14-8-7-10(15)13(17)18/h2-6,10-11,15H,7-8H2,1H3,(H,14,16)(H,17,18)/t10-,11?/m0/s1. The molecular formula is C13H17NO5. The molecule has 6 nitrogen and oxygen atoms in total. The molecule has 0 bridgehead atoms. The van der Waals surface area contributed by atoms with E-state index in [9.17, 15) is 9.59 Å². The third kappa shape index (κ3) is 4.69. The predicted octanol–water partition coefficient (Wildman–Crippen LogP) is 0.326. The van der Waals surface area contributed by atoms with Crippen LogP contribution in [0.5, 0.6) is 0 Å². The number of aliphatic hydroxyl groups is 1. The summed E-state index contributed by atoms with van der Waals surface area (Å²) in [5.74, 6) is -1.67. The number of benzene rings is 1. The summed E-state index contributed by atoms with van der Waals surface area (Å²) < 4.78 is 5.11. The van der Waals surface area contributed by atoms with Crippen LogP contribution in [-0.4, -0.2) is 41.8 Å². The Morgan fingerprint density at radius 1 is 1.32 bits per heavy atom. The van der Waals surface area contributed by atoms with Gasteiger partial charge in [0.25, 0.3) is 5.91 Å². The SMILES string of the molecule is COC(C(=O)NCC[C@H](O)C(=O)O)c1ccccc1. The fraction of sp³-hybridized carbons (Fsp3) is 0.385. The Balaban J connectivity index is 2.49. The molecule has 0 fully saturated rings. The second-order valence-corrected chi connectivity index (χ2v) is 3.96. The van der Waals surface area contributed by atoms with Crippen molar-refractivity contribution in [3.05, 3.63) is 35.9 Å². The molecule has 6 heteroatoms. The first kappa shape index (κ1) is 15.1. The Morgan fingerprint density at radius 3 is 2.47 bits per heavy atom. The molecule has 0 heterocycles. The number of amides is 1. The van der Waals surface area contributed by atoms with Gasteiger partial charge in [-0.05, 0) is 5.56 Å². The van der Waals surface area contributed by atoms with E-state index in [0.29, 0.717) is 5.56 Å². The van der Waals surface area contributed by atoms with Gasteiger partial charge in [0.1, 0.15) is 0 Å². The summed E-state index contributed by atoms with van der Waals surface area (Å²) in [7, 11) is 1.42. The van der Waals surface area contributed by atoms with Crippen molar-refractivity contribution in [3.8, 4) is 0 Å². The van der Waals surface area contributed by atoms with Crippen molar-refractivity contribution >= 4 is 11.9 Å². The van der Waals surface area contributed by atoms with Gasteiger partial charge in [-0.1, -0.05) is 30.3 Å². The molecule has 0 spiro atoms. The molecule has 0 aliphatic carbocycles. The lowest BCUT2D eigenvalue weighted by atomic mass is 10.1. The van der Waals surface area contributed by atoms with E-state index in [4.69, 9.17) is 14.9 Å². The summed E-state index contributed by atoms with van der Waals surface area (Å²) >= 11 is 0. The summed E-state index contributed by atoms with van der Waals surface area (Å²) in [6.45, 7) is 0.0684. The largest absolute Gasteiger partial charge is 0.479 e. The van der Waals surface area contributed by atoms with E-state index in [1.54, 1.807) is 24.3 Å². The molecule has 0 saturated heterocycles. The van der Waals surface area contributed by atoms with E-state index in [1.807, 2.05) is 6.07 Å². The number of carboxylic acid groups (broad SMARTS) is 1. The van der Waals surface area contributed by atoms with Gasteiger partial charge in [0.05, 0.1) is 0 Å². The number of methoxy groups -OCH3 is 1. The topological polar surface area (TPSA) is 95.9 Å². The molecule has 2 atom stereocenters. The number of hydrogen-bond acceptors (Lipinski definition) is 4. The van der Waals surface area contributed by atoms with Crippen molar-refractivity contribution in [2.75, 3.05) is 13.7 Å². The molecule has 0 aromatic heterocycles. The van der Waals surface area contributed by atoms with Crippen LogP contribution in [0.15, 0.2) is 30.3 Å². The van der Waals surface area contributed by atoms with Crippen LogP contribution >= 0.6 is 0 Å². The van der Waals surface area contributed by atoms with Crippen LogP contribution in [0.2, 0.25) is 0 Å². The second-order valence-electron chi connectivity index (χ2n) is 3.96. The van der Waals surface area contributed by atoms with Crippen LogP contribution in [0.25, 0.3) is 0 Å². The van der Waals surface area contributed by atoms with Crippen molar-refractivity contribution in [1.29, 1.82) is 0 Å². The lowest BCUT2D eigenvalue weighted by Gasteiger charge is -2.16. The normalized spacial score (nSPS) is 13.6. The Morgan fingerprint density at radius 2 is 1.95 bits per heavy atom. The van der Waals surface area contributed by atoms with Crippen LogP contribution in [0.4, 0.5) is 0 Å². The number of aliphatic hydroxyl groups excluding tert-OH is 1. The van der Waals surface area contributed by atoms with E-state index in [1.165, 1.54) is 7.11 Å². The van der Waals surface area contributed by atoms with Gasteiger partial charge in [-0.3, -0.25) is 4.79 Å². The van der Waals surface area contributed by atoms with Crippen LogP contribution < -0.4 is 5.32 Å².